The van der Waals surface area contributed by atoms with Gasteiger partial charge in [-0.25, -0.2) is 4.79 Å². The van der Waals surface area contributed by atoms with E-state index in [1.165, 1.54) is 5.57 Å². The van der Waals surface area contributed by atoms with Crippen molar-refractivity contribution in [2.75, 3.05) is 19.7 Å². The highest BCUT2D eigenvalue weighted by molar-refractivity contribution is 6.04. The highest BCUT2D eigenvalue weighted by Gasteiger charge is 2.19. The van der Waals surface area contributed by atoms with Crippen molar-refractivity contribution >= 4 is 14.0 Å². The summed E-state index contributed by atoms with van der Waals surface area (Å²) >= 11 is 0. The Bertz CT molecular complexity index is 326. The lowest BCUT2D eigenvalue weighted by molar-refractivity contribution is -0.138. The summed E-state index contributed by atoms with van der Waals surface area (Å²) in [5.41, 5.74) is 3.11. The molecule has 1 heterocycles. The quantitative estimate of drug-likeness (QED) is 0.320. The number of esters is 1. The first-order valence-corrected chi connectivity index (χ1v) is 6.25. The number of piperidine rings is 1. The van der Waals surface area contributed by atoms with Gasteiger partial charge in [-0.15, -0.1) is 0 Å². The molecule has 1 aliphatic rings. The molecular formula is C13H22BNO2. The van der Waals surface area contributed by atoms with E-state index in [-0.39, 0.29) is 5.97 Å². The van der Waals surface area contributed by atoms with E-state index in [2.05, 4.69) is 19.4 Å². The first-order valence-electron chi connectivity index (χ1n) is 6.25. The first-order chi connectivity index (χ1) is 8.04. The number of hydrogen-bond donors (Lipinski definition) is 0. The number of rotatable bonds is 4. The van der Waals surface area contributed by atoms with E-state index in [1.807, 2.05) is 13.8 Å². The Labute approximate surface area is 105 Å². The van der Waals surface area contributed by atoms with Crippen LogP contribution in [-0.4, -0.2) is 38.5 Å². The van der Waals surface area contributed by atoms with Crippen molar-refractivity contribution in [2.45, 2.75) is 33.1 Å². The summed E-state index contributed by atoms with van der Waals surface area (Å²) in [7, 11) is 2.11. The zero-order chi connectivity index (χ0) is 12.8. The minimum atomic E-state index is -0.157. The molecule has 1 aliphatic heterocycles. The molecule has 0 N–H and O–H groups in total. The summed E-state index contributed by atoms with van der Waals surface area (Å²) in [5.74, 6) is -0.157. The minimum Gasteiger partial charge on any atom is -0.463 e. The lowest BCUT2D eigenvalue weighted by Crippen LogP contribution is -2.29. The zero-order valence-corrected chi connectivity index (χ0v) is 11.2. The standard InChI is InChI=1S/C13H22BNO2/c1-4-17-13(16)12(9-10(2)3)11-5-7-15(14)8-6-11/h2,4-9,14H2,1,3H3. The maximum Gasteiger partial charge on any atom is 0.334 e. The van der Waals surface area contributed by atoms with Crippen molar-refractivity contribution in [1.82, 2.24) is 4.81 Å². The van der Waals surface area contributed by atoms with E-state index in [0.717, 1.165) is 37.1 Å². The van der Waals surface area contributed by atoms with Crippen LogP contribution in [0.4, 0.5) is 0 Å². The van der Waals surface area contributed by atoms with Gasteiger partial charge < -0.3 is 9.55 Å². The number of nitrogens with zero attached hydrogens (tertiary/aromatic N) is 1. The Morgan fingerprint density at radius 1 is 1.47 bits per heavy atom. The average molecular weight is 235 g/mol. The lowest BCUT2D eigenvalue weighted by atomic mass is 9.93. The molecule has 0 radical (unpaired) electrons. The molecule has 0 saturated carbocycles. The monoisotopic (exact) mass is 235 g/mol. The van der Waals surface area contributed by atoms with Crippen LogP contribution in [0.5, 0.6) is 0 Å². The molecular weight excluding hydrogens is 213 g/mol. The molecule has 0 amide bonds. The Morgan fingerprint density at radius 3 is 2.53 bits per heavy atom. The molecule has 94 valence electrons. The third kappa shape index (κ3) is 4.39. The van der Waals surface area contributed by atoms with Gasteiger partial charge in [0.15, 0.2) is 7.98 Å². The van der Waals surface area contributed by atoms with Crippen LogP contribution in [0, 0.1) is 0 Å². The second-order valence-electron chi connectivity index (χ2n) is 4.74. The van der Waals surface area contributed by atoms with Gasteiger partial charge in [0.1, 0.15) is 0 Å². The summed E-state index contributed by atoms with van der Waals surface area (Å²) in [6, 6.07) is 0. The van der Waals surface area contributed by atoms with E-state index in [9.17, 15) is 4.79 Å². The van der Waals surface area contributed by atoms with Gasteiger partial charge in [0.2, 0.25) is 0 Å². The first kappa shape index (κ1) is 14.0. The zero-order valence-electron chi connectivity index (χ0n) is 11.2. The van der Waals surface area contributed by atoms with E-state index >= 15 is 0 Å². The predicted octanol–water partition coefficient (Wildman–Crippen LogP) is 1.46. The van der Waals surface area contributed by atoms with E-state index in [0.29, 0.717) is 13.0 Å². The van der Waals surface area contributed by atoms with Gasteiger partial charge in [-0.3, -0.25) is 0 Å². The van der Waals surface area contributed by atoms with Crippen LogP contribution >= 0.6 is 0 Å². The third-order valence-electron chi connectivity index (χ3n) is 3.02. The largest absolute Gasteiger partial charge is 0.463 e. The smallest absolute Gasteiger partial charge is 0.334 e. The summed E-state index contributed by atoms with van der Waals surface area (Å²) in [6.45, 7) is 10.2. The summed E-state index contributed by atoms with van der Waals surface area (Å²) in [6.07, 6.45) is 2.59. The fourth-order valence-corrected chi connectivity index (χ4v) is 2.05. The Hall–Kier alpha value is -1.03. The number of ether oxygens (including phenoxy) is 1. The van der Waals surface area contributed by atoms with Gasteiger partial charge in [-0.2, -0.15) is 0 Å². The molecule has 0 aliphatic carbocycles. The van der Waals surface area contributed by atoms with Crippen molar-refractivity contribution in [3.63, 3.8) is 0 Å². The van der Waals surface area contributed by atoms with E-state index in [1.54, 1.807) is 0 Å². The van der Waals surface area contributed by atoms with E-state index < -0.39 is 0 Å². The van der Waals surface area contributed by atoms with Gasteiger partial charge in [0.05, 0.1) is 6.61 Å². The van der Waals surface area contributed by atoms with Crippen LogP contribution in [0.1, 0.15) is 33.1 Å². The molecule has 0 atom stereocenters. The van der Waals surface area contributed by atoms with Crippen LogP contribution < -0.4 is 0 Å². The number of allylic oxidation sites excluding steroid dienone is 1. The number of hydrogen-bond acceptors (Lipinski definition) is 3. The molecule has 1 saturated heterocycles. The molecule has 1 fully saturated rings. The molecule has 0 bridgehead atoms. The highest BCUT2D eigenvalue weighted by Crippen LogP contribution is 2.24. The molecule has 17 heavy (non-hydrogen) atoms. The van der Waals surface area contributed by atoms with Crippen molar-refractivity contribution < 1.29 is 9.53 Å². The molecule has 0 aromatic heterocycles. The van der Waals surface area contributed by atoms with Crippen molar-refractivity contribution in [2.24, 2.45) is 0 Å². The van der Waals surface area contributed by atoms with Gasteiger partial charge >= 0.3 is 5.97 Å². The van der Waals surface area contributed by atoms with Gasteiger partial charge in [-0.1, -0.05) is 17.7 Å². The molecule has 0 aromatic rings. The van der Waals surface area contributed by atoms with Gasteiger partial charge in [0, 0.05) is 5.57 Å². The van der Waals surface area contributed by atoms with Gasteiger partial charge in [0.25, 0.3) is 0 Å². The van der Waals surface area contributed by atoms with Crippen LogP contribution in [0.15, 0.2) is 23.3 Å². The molecule has 1 rings (SSSR count). The van der Waals surface area contributed by atoms with Crippen molar-refractivity contribution in [3.8, 4) is 0 Å². The normalized spacial score (nSPS) is 16.7. The van der Waals surface area contributed by atoms with Crippen molar-refractivity contribution in [3.05, 3.63) is 23.3 Å². The Morgan fingerprint density at radius 2 is 2.06 bits per heavy atom. The fourth-order valence-electron chi connectivity index (χ4n) is 2.05. The third-order valence-corrected chi connectivity index (χ3v) is 3.02. The molecule has 0 spiro atoms. The summed E-state index contributed by atoms with van der Waals surface area (Å²) in [5, 5.41) is 0. The highest BCUT2D eigenvalue weighted by atomic mass is 16.5. The van der Waals surface area contributed by atoms with Crippen LogP contribution in [-0.2, 0) is 9.53 Å². The van der Waals surface area contributed by atoms with Gasteiger partial charge in [-0.05, 0) is 46.2 Å². The summed E-state index contributed by atoms with van der Waals surface area (Å²) < 4.78 is 5.13. The molecule has 0 aromatic carbocycles. The van der Waals surface area contributed by atoms with E-state index in [4.69, 9.17) is 4.74 Å². The predicted molar refractivity (Wildman–Crippen MR) is 72.4 cm³/mol. The molecule has 3 nitrogen and oxygen atoms in total. The Balaban J connectivity index is 2.84. The van der Waals surface area contributed by atoms with Crippen LogP contribution in [0.2, 0.25) is 0 Å². The van der Waals surface area contributed by atoms with Crippen LogP contribution in [0.25, 0.3) is 0 Å². The topological polar surface area (TPSA) is 29.5 Å². The maximum absolute atomic E-state index is 11.9. The maximum atomic E-state index is 11.9. The SMILES string of the molecule is BN1CCC(=C(CC(=C)C)C(=O)OCC)CC1. The van der Waals surface area contributed by atoms with Crippen LogP contribution in [0.3, 0.4) is 0 Å². The fraction of sp³-hybridized carbons (Fsp3) is 0.615. The van der Waals surface area contributed by atoms with Crippen molar-refractivity contribution in [1.29, 1.82) is 0 Å². The minimum absolute atomic E-state index is 0.157. The second-order valence-corrected chi connectivity index (χ2v) is 4.74. The summed E-state index contributed by atoms with van der Waals surface area (Å²) in [4.78, 5) is 14.2. The number of carbonyl (C=O) groups is 1. The number of carbonyl (C=O) groups excluding carboxylic acids is 1. The molecule has 0 unspecified atom stereocenters. The second kappa shape index (κ2) is 6.65. The average Bonchev–Trinajstić information content (AvgIpc) is 2.27. The Kier molecular flexibility index (Phi) is 5.49. The lowest BCUT2D eigenvalue weighted by Gasteiger charge is -2.26. The molecule has 4 heteroatoms.